The van der Waals surface area contributed by atoms with Gasteiger partial charge in [0, 0.05) is 6.42 Å². The zero-order valence-corrected chi connectivity index (χ0v) is 10.1. The lowest BCUT2D eigenvalue weighted by atomic mass is 10.2. The Labute approximate surface area is 92.3 Å². The lowest BCUT2D eigenvalue weighted by molar-refractivity contribution is 0.829. The zero-order valence-electron chi connectivity index (χ0n) is 7.97. The molecule has 0 unspecified atom stereocenters. The van der Waals surface area contributed by atoms with Crippen LogP contribution >= 0.6 is 22.6 Å². The van der Waals surface area contributed by atoms with Gasteiger partial charge in [-0.1, -0.05) is 20.3 Å². The van der Waals surface area contributed by atoms with Crippen LogP contribution in [0.4, 0.5) is 5.82 Å². The Bertz CT molecular complexity index is 299. The maximum atomic E-state index is 5.77. The van der Waals surface area contributed by atoms with Crippen LogP contribution in [0.15, 0.2) is 0 Å². The first-order valence-electron chi connectivity index (χ1n) is 4.49. The molecule has 0 atom stereocenters. The van der Waals surface area contributed by atoms with Gasteiger partial charge in [0.1, 0.15) is 11.6 Å². The SMILES string of the molecule is CCCc1nc(CC)nc(N)c1I. The maximum absolute atomic E-state index is 5.77. The first-order chi connectivity index (χ1) is 6.19. The molecule has 13 heavy (non-hydrogen) atoms. The summed E-state index contributed by atoms with van der Waals surface area (Å²) in [6.07, 6.45) is 2.92. The average Bonchev–Trinajstić information content (AvgIpc) is 2.13. The van der Waals surface area contributed by atoms with Crippen LogP contribution in [0.1, 0.15) is 31.8 Å². The van der Waals surface area contributed by atoms with Gasteiger partial charge >= 0.3 is 0 Å². The summed E-state index contributed by atoms with van der Waals surface area (Å²) in [6, 6.07) is 0. The number of rotatable bonds is 3. The molecular weight excluding hydrogens is 277 g/mol. The molecule has 3 nitrogen and oxygen atoms in total. The Morgan fingerprint density at radius 2 is 2.00 bits per heavy atom. The molecule has 1 rings (SSSR count). The summed E-state index contributed by atoms with van der Waals surface area (Å²) in [7, 11) is 0. The topological polar surface area (TPSA) is 51.8 Å². The van der Waals surface area contributed by atoms with Crippen LogP contribution in [-0.4, -0.2) is 9.97 Å². The summed E-state index contributed by atoms with van der Waals surface area (Å²) in [5.41, 5.74) is 6.86. The first kappa shape index (κ1) is 10.7. The number of nitrogens with two attached hydrogens (primary N) is 1. The second kappa shape index (κ2) is 4.74. The molecule has 0 aliphatic heterocycles. The summed E-state index contributed by atoms with van der Waals surface area (Å²) in [6.45, 7) is 4.18. The number of halogens is 1. The molecule has 0 saturated carbocycles. The van der Waals surface area contributed by atoms with Gasteiger partial charge in [0.15, 0.2) is 0 Å². The first-order valence-corrected chi connectivity index (χ1v) is 5.57. The summed E-state index contributed by atoms with van der Waals surface area (Å²) < 4.78 is 1.01. The van der Waals surface area contributed by atoms with Crippen molar-refractivity contribution in [3.8, 4) is 0 Å². The van der Waals surface area contributed by atoms with E-state index in [0.29, 0.717) is 5.82 Å². The highest BCUT2D eigenvalue weighted by atomic mass is 127. The van der Waals surface area contributed by atoms with E-state index in [1.54, 1.807) is 0 Å². The monoisotopic (exact) mass is 291 g/mol. The summed E-state index contributed by atoms with van der Waals surface area (Å²) in [4.78, 5) is 8.64. The molecule has 0 saturated heterocycles. The fourth-order valence-corrected chi connectivity index (χ4v) is 1.64. The quantitative estimate of drug-likeness (QED) is 0.868. The number of aromatic nitrogens is 2. The number of nitrogens with zero attached hydrogens (tertiary/aromatic N) is 2. The highest BCUT2D eigenvalue weighted by molar-refractivity contribution is 14.1. The largest absolute Gasteiger partial charge is 0.383 e. The average molecular weight is 291 g/mol. The van der Waals surface area contributed by atoms with Gasteiger partial charge in [-0.2, -0.15) is 0 Å². The van der Waals surface area contributed by atoms with E-state index in [2.05, 4.69) is 39.5 Å². The summed E-state index contributed by atoms with van der Waals surface area (Å²) >= 11 is 2.21. The predicted octanol–water partition coefficient (Wildman–Crippen LogP) is 2.18. The van der Waals surface area contributed by atoms with E-state index in [9.17, 15) is 0 Å². The Morgan fingerprint density at radius 3 is 2.54 bits per heavy atom. The van der Waals surface area contributed by atoms with Gasteiger partial charge in [0.25, 0.3) is 0 Å². The van der Waals surface area contributed by atoms with Crippen molar-refractivity contribution in [2.24, 2.45) is 0 Å². The minimum atomic E-state index is 0.621. The molecule has 0 fully saturated rings. The van der Waals surface area contributed by atoms with Crippen LogP contribution in [0.2, 0.25) is 0 Å². The van der Waals surface area contributed by atoms with E-state index in [-0.39, 0.29) is 0 Å². The molecular formula is C9H14IN3. The van der Waals surface area contributed by atoms with Gasteiger partial charge in [-0.25, -0.2) is 9.97 Å². The molecule has 0 aliphatic rings. The Balaban J connectivity index is 3.09. The molecule has 1 heterocycles. The van der Waals surface area contributed by atoms with Crippen molar-refractivity contribution in [2.75, 3.05) is 5.73 Å². The van der Waals surface area contributed by atoms with Crippen molar-refractivity contribution in [1.82, 2.24) is 9.97 Å². The van der Waals surface area contributed by atoms with Crippen molar-refractivity contribution < 1.29 is 0 Å². The zero-order chi connectivity index (χ0) is 9.84. The minimum Gasteiger partial charge on any atom is -0.383 e. The van der Waals surface area contributed by atoms with Gasteiger partial charge in [0.2, 0.25) is 0 Å². The molecule has 0 amide bonds. The van der Waals surface area contributed by atoms with Crippen LogP contribution in [0, 0.1) is 3.57 Å². The fraction of sp³-hybridized carbons (Fsp3) is 0.556. The second-order valence-electron chi connectivity index (χ2n) is 2.89. The van der Waals surface area contributed by atoms with Crippen LogP contribution in [-0.2, 0) is 12.8 Å². The third-order valence-electron chi connectivity index (χ3n) is 1.79. The Kier molecular flexibility index (Phi) is 3.90. The lowest BCUT2D eigenvalue weighted by Crippen LogP contribution is -2.06. The molecule has 1 aromatic heterocycles. The molecule has 0 spiro atoms. The smallest absolute Gasteiger partial charge is 0.140 e. The van der Waals surface area contributed by atoms with Gasteiger partial charge in [-0.3, -0.25) is 0 Å². The van der Waals surface area contributed by atoms with Crippen molar-refractivity contribution in [3.63, 3.8) is 0 Å². The van der Waals surface area contributed by atoms with Crippen molar-refractivity contribution in [2.45, 2.75) is 33.1 Å². The third kappa shape index (κ3) is 2.52. The maximum Gasteiger partial charge on any atom is 0.140 e. The summed E-state index contributed by atoms with van der Waals surface area (Å²) in [5.74, 6) is 1.47. The number of anilines is 1. The van der Waals surface area contributed by atoms with Crippen LogP contribution in [0.3, 0.4) is 0 Å². The highest BCUT2D eigenvalue weighted by Crippen LogP contribution is 2.17. The highest BCUT2D eigenvalue weighted by Gasteiger charge is 2.07. The van der Waals surface area contributed by atoms with E-state index in [4.69, 9.17) is 5.73 Å². The molecule has 72 valence electrons. The molecule has 0 bridgehead atoms. The normalized spacial score (nSPS) is 10.4. The molecule has 2 N–H and O–H groups in total. The van der Waals surface area contributed by atoms with Crippen LogP contribution in [0.5, 0.6) is 0 Å². The third-order valence-corrected chi connectivity index (χ3v) is 2.97. The standard InChI is InChI=1S/C9H14IN3/c1-3-5-6-8(10)9(11)13-7(4-2)12-6/h3-5H2,1-2H3,(H2,11,12,13). The van der Waals surface area contributed by atoms with Gasteiger partial charge < -0.3 is 5.73 Å². The predicted molar refractivity (Wildman–Crippen MR) is 62.5 cm³/mol. The van der Waals surface area contributed by atoms with Crippen molar-refractivity contribution >= 4 is 28.4 Å². The molecule has 0 aromatic carbocycles. The van der Waals surface area contributed by atoms with Gasteiger partial charge in [-0.15, -0.1) is 0 Å². The van der Waals surface area contributed by atoms with E-state index in [0.717, 1.165) is 34.4 Å². The van der Waals surface area contributed by atoms with E-state index >= 15 is 0 Å². The molecule has 0 radical (unpaired) electrons. The van der Waals surface area contributed by atoms with Crippen molar-refractivity contribution in [3.05, 3.63) is 15.1 Å². The Morgan fingerprint density at radius 1 is 1.31 bits per heavy atom. The lowest BCUT2D eigenvalue weighted by Gasteiger charge is -2.06. The molecule has 0 aliphatic carbocycles. The number of aryl methyl sites for hydroxylation is 2. The summed E-state index contributed by atoms with van der Waals surface area (Å²) in [5, 5.41) is 0. The van der Waals surface area contributed by atoms with Gasteiger partial charge in [0.05, 0.1) is 9.26 Å². The Hall–Kier alpha value is -0.390. The second-order valence-corrected chi connectivity index (χ2v) is 3.97. The fourth-order valence-electron chi connectivity index (χ4n) is 1.13. The number of hydrogen-bond acceptors (Lipinski definition) is 3. The van der Waals surface area contributed by atoms with Gasteiger partial charge in [-0.05, 0) is 29.0 Å². The molecule has 1 aromatic rings. The minimum absolute atomic E-state index is 0.621. The van der Waals surface area contributed by atoms with E-state index in [1.807, 2.05) is 6.92 Å². The number of hydrogen-bond donors (Lipinski definition) is 1. The van der Waals surface area contributed by atoms with E-state index in [1.165, 1.54) is 0 Å². The van der Waals surface area contributed by atoms with Crippen LogP contribution < -0.4 is 5.73 Å². The van der Waals surface area contributed by atoms with Crippen molar-refractivity contribution in [1.29, 1.82) is 0 Å². The van der Waals surface area contributed by atoms with E-state index < -0.39 is 0 Å². The molecule has 4 heteroatoms. The van der Waals surface area contributed by atoms with Crippen LogP contribution in [0.25, 0.3) is 0 Å². The number of nitrogen functional groups attached to an aromatic ring is 1.